The number of aliphatic hydroxyl groups is 1. The molecule has 0 spiro atoms. The molecule has 8 heteroatoms. The average Bonchev–Trinajstić information content (AvgIpc) is 2.52. The first-order chi connectivity index (χ1) is 11.2. The number of nitro groups is 1. The second-order valence-corrected chi connectivity index (χ2v) is 5.20. The van der Waals surface area contributed by atoms with E-state index in [1.165, 1.54) is 36.4 Å². The third-order valence-electron chi connectivity index (χ3n) is 3.65. The largest absolute Gasteiger partial charge is 0.418 e. The fourth-order valence-electron chi connectivity index (χ4n) is 2.32. The second kappa shape index (κ2) is 6.88. The van der Waals surface area contributed by atoms with E-state index in [0.717, 1.165) is 0 Å². The van der Waals surface area contributed by atoms with Gasteiger partial charge in [0.15, 0.2) is 6.10 Å². The van der Waals surface area contributed by atoms with Gasteiger partial charge in [0.25, 0.3) is 5.69 Å². The maximum atomic E-state index is 12.7. The number of aliphatic hydroxyl groups excluding tert-OH is 1. The highest BCUT2D eigenvalue weighted by Crippen LogP contribution is 2.36. The average molecular weight is 340 g/mol. The molecule has 0 amide bonds. The second-order valence-electron chi connectivity index (χ2n) is 5.20. The minimum Gasteiger partial charge on any atom is -0.381 e. The first-order valence-corrected chi connectivity index (χ1v) is 7.02. The fraction of sp³-hybridized carbons (Fsp3) is 0.250. The molecule has 0 bridgehead atoms. The van der Waals surface area contributed by atoms with E-state index in [9.17, 15) is 28.4 Å². The van der Waals surface area contributed by atoms with Gasteiger partial charge in [-0.05, 0) is 18.6 Å². The summed E-state index contributed by atoms with van der Waals surface area (Å²) in [6.45, 7) is 1.67. The third-order valence-corrected chi connectivity index (χ3v) is 3.65. The monoisotopic (exact) mass is 340 g/mol. The van der Waals surface area contributed by atoms with E-state index < -0.39 is 17.2 Å². The van der Waals surface area contributed by atoms with Crippen LogP contribution in [0.5, 0.6) is 0 Å². The van der Waals surface area contributed by atoms with Gasteiger partial charge in [-0.3, -0.25) is 10.1 Å². The Hall–Kier alpha value is -2.61. The highest BCUT2D eigenvalue weighted by Gasteiger charge is 2.40. The van der Waals surface area contributed by atoms with E-state index in [0.29, 0.717) is 11.1 Å². The third kappa shape index (κ3) is 3.83. The van der Waals surface area contributed by atoms with Crippen LogP contribution in [0.2, 0.25) is 0 Å². The summed E-state index contributed by atoms with van der Waals surface area (Å²) in [5.74, 6) is 0. The molecule has 0 fully saturated rings. The number of benzene rings is 2. The number of hydrogen-bond acceptors (Lipinski definition) is 4. The van der Waals surface area contributed by atoms with Crippen LogP contribution < -0.4 is 5.32 Å². The quantitative estimate of drug-likeness (QED) is 0.634. The van der Waals surface area contributed by atoms with Gasteiger partial charge in [-0.15, -0.1) is 0 Å². The Morgan fingerprint density at radius 1 is 1.21 bits per heavy atom. The van der Waals surface area contributed by atoms with Crippen molar-refractivity contribution in [3.63, 3.8) is 0 Å². The molecule has 0 saturated carbocycles. The van der Waals surface area contributed by atoms with Crippen LogP contribution in [0.4, 0.5) is 24.5 Å². The van der Waals surface area contributed by atoms with E-state index in [1.807, 2.05) is 0 Å². The van der Waals surface area contributed by atoms with Crippen molar-refractivity contribution in [3.05, 3.63) is 69.3 Å². The van der Waals surface area contributed by atoms with Crippen LogP contribution >= 0.6 is 0 Å². The summed E-state index contributed by atoms with van der Waals surface area (Å²) in [4.78, 5) is 10.4. The maximum absolute atomic E-state index is 12.7. The number of hydrogen-bond donors (Lipinski definition) is 2. The number of nitrogens with zero attached hydrogens (tertiary/aromatic N) is 1. The zero-order valence-electron chi connectivity index (χ0n) is 12.7. The molecule has 2 N–H and O–H groups in total. The maximum Gasteiger partial charge on any atom is 0.418 e. The number of halogens is 3. The fourth-order valence-corrected chi connectivity index (χ4v) is 2.32. The van der Waals surface area contributed by atoms with Crippen molar-refractivity contribution in [2.75, 3.05) is 5.32 Å². The standard InChI is InChI=1S/C16H15F3N2O3/c1-10-11(5-4-8-14(10)21(23)24)9-20-13-7-3-2-6-12(13)15(22)16(17,18)19/h2-8,15,20,22H,9H2,1H3. The van der Waals surface area contributed by atoms with Crippen molar-refractivity contribution < 1.29 is 23.2 Å². The Kier molecular flexibility index (Phi) is 5.08. The van der Waals surface area contributed by atoms with Gasteiger partial charge in [-0.25, -0.2) is 0 Å². The Morgan fingerprint density at radius 2 is 1.88 bits per heavy atom. The summed E-state index contributed by atoms with van der Waals surface area (Å²) in [5.41, 5.74) is 0.781. The molecule has 5 nitrogen and oxygen atoms in total. The van der Waals surface area contributed by atoms with E-state index in [2.05, 4.69) is 5.32 Å². The SMILES string of the molecule is Cc1c(CNc2ccccc2C(O)C(F)(F)F)cccc1[N+](=O)[O-]. The molecule has 1 atom stereocenters. The summed E-state index contributed by atoms with van der Waals surface area (Å²) >= 11 is 0. The summed E-state index contributed by atoms with van der Waals surface area (Å²) in [6.07, 6.45) is -7.38. The number of rotatable bonds is 5. The summed E-state index contributed by atoms with van der Waals surface area (Å²) in [6, 6.07) is 10.1. The normalized spacial score (nSPS) is 12.7. The van der Waals surface area contributed by atoms with Gasteiger partial charge in [-0.1, -0.05) is 30.3 Å². The molecular weight excluding hydrogens is 325 g/mol. The van der Waals surface area contributed by atoms with E-state index in [1.54, 1.807) is 13.0 Å². The molecule has 2 aromatic carbocycles. The predicted octanol–water partition coefficient (Wildman–Crippen LogP) is 4.11. The molecule has 24 heavy (non-hydrogen) atoms. The van der Waals surface area contributed by atoms with Crippen LogP contribution in [-0.2, 0) is 6.54 Å². The minimum atomic E-state index is -4.78. The molecule has 128 valence electrons. The molecule has 0 saturated heterocycles. The number of nitrogens with one attached hydrogen (secondary N) is 1. The molecule has 0 aliphatic rings. The van der Waals surface area contributed by atoms with Crippen LogP contribution in [0.3, 0.4) is 0 Å². The molecule has 0 aliphatic carbocycles. The Labute approximate surface area is 135 Å². The molecule has 0 heterocycles. The Bertz CT molecular complexity index is 748. The van der Waals surface area contributed by atoms with E-state index in [-0.39, 0.29) is 23.5 Å². The van der Waals surface area contributed by atoms with Crippen LogP contribution in [-0.4, -0.2) is 16.2 Å². The molecular formula is C16H15F3N2O3. The number of alkyl halides is 3. The van der Waals surface area contributed by atoms with Crippen molar-refractivity contribution in [2.24, 2.45) is 0 Å². The van der Waals surface area contributed by atoms with E-state index in [4.69, 9.17) is 0 Å². The Balaban J connectivity index is 2.25. The van der Waals surface area contributed by atoms with Gasteiger partial charge < -0.3 is 10.4 Å². The zero-order chi connectivity index (χ0) is 17.9. The van der Waals surface area contributed by atoms with Gasteiger partial charge in [0.2, 0.25) is 0 Å². The van der Waals surface area contributed by atoms with Crippen molar-refractivity contribution >= 4 is 11.4 Å². The minimum absolute atomic E-state index is 0.0575. The molecule has 0 aliphatic heterocycles. The number of anilines is 1. The number of nitro benzene ring substituents is 1. The van der Waals surface area contributed by atoms with Crippen molar-refractivity contribution in [2.45, 2.75) is 25.7 Å². The van der Waals surface area contributed by atoms with Gasteiger partial charge in [0, 0.05) is 29.4 Å². The van der Waals surface area contributed by atoms with Crippen LogP contribution in [0.25, 0.3) is 0 Å². The highest BCUT2D eigenvalue weighted by molar-refractivity contribution is 5.54. The van der Waals surface area contributed by atoms with Gasteiger partial charge >= 0.3 is 6.18 Å². The summed E-state index contributed by atoms with van der Waals surface area (Å²) < 4.78 is 38.2. The van der Waals surface area contributed by atoms with Crippen molar-refractivity contribution in [1.29, 1.82) is 0 Å². The molecule has 1 unspecified atom stereocenters. The molecule has 0 aromatic heterocycles. The summed E-state index contributed by atoms with van der Waals surface area (Å²) in [5, 5.41) is 23.2. The highest BCUT2D eigenvalue weighted by atomic mass is 19.4. The van der Waals surface area contributed by atoms with Crippen molar-refractivity contribution in [1.82, 2.24) is 0 Å². The topological polar surface area (TPSA) is 75.4 Å². The smallest absolute Gasteiger partial charge is 0.381 e. The van der Waals surface area contributed by atoms with Gasteiger partial charge in [0.05, 0.1) is 4.92 Å². The number of para-hydroxylation sites is 1. The molecule has 0 radical (unpaired) electrons. The van der Waals surface area contributed by atoms with E-state index >= 15 is 0 Å². The van der Waals surface area contributed by atoms with Crippen LogP contribution in [0, 0.1) is 17.0 Å². The Morgan fingerprint density at radius 3 is 2.50 bits per heavy atom. The van der Waals surface area contributed by atoms with Gasteiger partial charge in [-0.2, -0.15) is 13.2 Å². The lowest BCUT2D eigenvalue weighted by atomic mass is 10.0. The molecule has 2 aromatic rings. The molecule has 2 rings (SSSR count). The lowest BCUT2D eigenvalue weighted by molar-refractivity contribution is -0.385. The van der Waals surface area contributed by atoms with Gasteiger partial charge in [0.1, 0.15) is 0 Å². The lowest BCUT2D eigenvalue weighted by Gasteiger charge is -2.19. The van der Waals surface area contributed by atoms with Crippen LogP contribution in [0.1, 0.15) is 22.8 Å². The predicted molar refractivity (Wildman–Crippen MR) is 82.6 cm³/mol. The van der Waals surface area contributed by atoms with Crippen molar-refractivity contribution in [3.8, 4) is 0 Å². The van der Waals surface area contributed by atoms with Crippen LogP contribution in [0.15, 0.2) is 42.5 Å². The summed E-state index contributed by atoms with van der Waals surface area (Å²) in [7, 11) is 0. The first kappa shape index (κ1) is 17.7. The zero-order valence-corrected chi connectivity index (χ0v) is 12.7. The first-order valence-electron chi connectivity index (χ1n) is 7.02. The lowest BCUT2D eigenvalue weighted by Crippen LogP contribution is -2.21.